The first kappa shape index (κ1) is 11.7. The fourth-order valence-corrected chi connectivity index (χ4v) is 2.37. The first-order valence-corrected chi connectivity index (χ1v) is 6.07. The second-order valence-electron chi connectivity index (χ2n) is 3.28. The Morgan fingerprint density at radius 1 is 1.41 bits per heavy atom. The number of benzene rings is 1. The Balaban J connectivity index is 2.19. The van der Waals surface area contributed by atoms with Crippen molar-refractivity contribution < 1.29 is 4.79 Å². The third-order valence-corrected chi connectivity index (χ3v) is 3.45. The maximum Gasteiger partial charge on any atom is 0.267 e. The van der Waals surface area contributed by atoms with Crippen LogP contribution in [0.3, 0.4) is 0 Å². The van der Waals surface area contributed by atoms with Crippen molar-refractivity contribution in [1.29, 1.82) is 0 Å². The maximum absolute atomic E-state index is 11.9. The average molecular weight is 262 g/mol. The number of thiophene rings is 1. The third kappa shape index (κ3) is 2.68. The molecule has 0 radical (unpaired) electrons. The molecule has 0 bridgehead atoms. The van der Waals surface area contributed by atoms with Gasteiger partial charge in [-0.1, -0.05) is 23.6 Å². The summed E-state index contributed by atoms with van der Waals surface area (Å²) in [6.07, 6.45) is 5.29. The van der Waals surface area contributed by atoms with Gasteiger partial charge in [0.05, 0.1) is 5.02 Å². The fourth-order valence-electron chi connectivity index (χ4n) is 1.33. The molecule has 1 amide bonds. The zero-order valence-electron chi connectivity index (χ0n) is 8.74. The van der Waals surface area contributed by atoms with E-state index < -0.39 is 0 Å². The van der Waals surface area contributed by atoms with Crippen LogP contribution in [0.15, 0.2) is 35.7 Å². The van der Waals surface area contributed by atoms with E-state index in [9.17, 15) is 4.79 Å². The van der Waals surface area contributed by atoms with Crippen LogP contribution < -0.4 is 5.32 Å². The van der Waals surface area contributed by atoms with E-state index in [0.717, 1.165) is 5.56 Å². The molecule has 0 fully saturated rings. The molecule has 0 saturated heterocycles. The lowest BCUT2D eigenvalue weighted by atomic mass is 10.2. The van der Waals surface area contributed by atoms with Crippen LogP contribution in [-0.4, -0.2) is 5.91 Å². The Morgan fingerprint density at radius 3 is 2.88 bits per heavy atom. The van der Waals surface area contributed by atoms with Crippen molar-refractivity contribution in [2.24, 2.45) is 0 Å². The SMILES string of the molecule is C#Cc1cccc(NC(=O)c2sccc2Cl)c1. The average Bonchev–Trinajstić information content (AvgIpc) is 2.76. The molecule has 0 atom stereocenters. The molecule has 0 saturated carbocycles. The van der Waals surface area contributed by atoms with Crippen molar-refractivity contribution in [3.63, 3.8) is 0 Å². The second-order valence-corrected chi connectivity index (χ2v) is 4.60. The topological polar surface area (TPSA) is 29.1 Å². The number of anilines is 1. The minimum absolute atomic E-state index is 0.223. The molecule has 4 heteroatoms. The van der Waals surface area contributed by atoms with Crippen LogP contribution >= 0.6 is 22.9 Å². The number of hydrogen-bond donors (Lipinski definition) is 1. The summed E-state index contributed by atoms with van der Waals surface area (Å²) in [5.74, 6) is 2.29. The number of terminal acetylenes is 1. The second kappa shape index (κ2) is 5.05. The van der Waals surface area contributed by atoms with Gasteiger partial charge in [-0.15, -0.1) is 17.8 Å². The summed E-state index contributed by atoms with van der Waals surface area (Å²) in [5, 5.41) is 4.98. The van der Waals surface area contributed by atoms with Gasteiger partial charge in [0.2, 0.25) is 0 Å². The Hall–Kier alpha value is -1.76. The number of halogens is 1. The van der Waals surface area contributed by atoms with Crippen LogP contribution in [0.4, 0.5) is 5.69 Å². The van der Waals surface area contributed by atoms with Crippen LogP contribution in [0.2, 0.25) is 5.02 Å². The number of rotatable bonds is 2. The van der Waals surface area contributed by atoms with E-state index in [-0.39, 0.29) is 5.91 Å². The molecule has 2 aromatic rings. The highest BCUT2D eigenvalue weighted by atomic mass is 35.5. The third-order valence-electron chi connectivity index (χ3n) is 2.11. The number of carbonyl (C=O) groups excluding carboxylic acids is 1. The van der Waals surface area contributed by atoms with E-state index in [1.54, 1.807) is 35.7 Å². The van der Waals surface area contributed by atoms with Crippen LogP contribution in [0.5, 0.6) is 0 Å². The van der Waals surface area contributed by atoms with E-state index in [1.807, 2.05) is 0 Å². The van der Waals surface area contributed by atoms with Crippen molar-refractivity contribution in [1.82, 2.24) is 0 Å². The van der Waals surface area contributed by atoms with E-state index in [2.05, 4.69) is 11.2 Å². The molecular formula is C13H8ClNOS. The highest BCUT2D eigenvalue weighted by Crippen LogP contribution is 2.23. The minimum Gasteiger partial charge on any atom is -0.321 e. The molecular weight excluding hydrogens is 254 g/mol. The van der Waals surface area contributed by atoms with E-state index >= 15 is 0 Å². The fraction of sp³-hybridized carbons (Fsp3) is 0. The van der Waals surface area contributed by atoms with Gasteiger partial charge in [0, 0.05) is 11.3 Å². The lowest BCUT2D eigenvalue weighted by Crippen LogP contribution is -2.10. The van der Waals surface area contributed by atoms with Gasteiger partial charge in [-0.25, -0.2) is 0 Å². The van der Waals surface area contributed by atoms with Crippen LogP contribution in [0.25, 0.3) is 0 Å². The summed E-state index contributed by atoms with van der Waals surface area (Å²) in [6.45, 7) is 0. The van der Waals surface area contributed by atoms with Crippen LogP contribution in [0, 0.1) is 12.3 Å². The molecule has 17 heavy (non-hydrogen) atoms. The largest absolute Gasteiger partial charge is 0.321 e. The molecule has 1 aromatic heterocycles. The Labute approximate surface area is 108 Å². The molecule has 0 spiro atoms. The molecule has 0 aliphatic carbocycles. The quantitative estimate of drug-likeness (QED) is 0.822. The number of amides is 1. The molecule has 1 N–H and O–H groups in total. The van der Waals surface area contributed by atoms with Gasteiger partial charge in [-0.3, -0.25) is 4.79 Å². The zero-order valence-corrected chi connectivity index (χ0v) is 10.3. The van der Waals surface area contributed by atoms with Crippen LogP contribution in [-0.2, 0) is 0 Å². The van der Waals surface area contributed by atoms with Crippen molar-refractivity contribution in [2.45, 2.75) is 0 Å². The molecule has 1 aromatic carbocycles. The Kier molecular flexibility index (Phi) is 3.48. The predicted molar refractivity (Wildman–Crippen MR) is 71.7 cm³/mol. The molecule has 84 valence electrons. The predicted octanol–water partition coefficient (Wildman–Crippen LogP) is 3.64. The number of hydrogen-bond acceptors (Lipinski definition) is 2. The molecule has 2 nitrogen and oxygen atoms in total. The lowest BCUT2D eigenvalue weighted by Gasteiger charge is -2.04. The van der Waals surface area contributed by atoms with Gasteiger partial charge in [0.15, 0.2) is 0 Å². The monoisotopic (exact) mass is 261 g/mol. The molecule has 0 aliphatic rings. The van der Waals surface area contributed by atoms with Gasteiger partial charge < -0.3 is 5.32 Å². The Bertz CT molecular complexity index is 597. The summed E-state index contributed by atoms with van der Waals surface area (Å²) < 4.78 is 0. The smallest absolute Gasteiger partial charge is 0.267 e. The first-order valence-electron chi connectivity index (χ1n) is 4.81. The zero-order chi connectivity index (χ0) is 12.3. The summed E-state index contributed by atoms with van der Waals surface area (Å²) in [4.78, 5) is 12.4. The van der Waals surface area contributed by atoms with Crippen molar-refractivity contribution in [3.05, 3.63) is 51.2 Å². The van der Waals surface area contributed by atoms with Gasteiger partial charge in [-0.05, 0) is 29.6 Å². The van der Waals surface area contributed by atoms with Gasteiger partial charge in [-0.2, -0.15) is 0 Å². The summed E-state index contributed by atoms with van der Waals surface area (Å²) in [6, 6.07) is 8.80. The normalized spacial score (nSPS) is 9.65. The van der Waals surface area contributed by atoms with Gasteiger partial charge in [0.25, 0.3) is 5.91 Å². The van der Waals surface area contributed by atoms with Crippen LogP contribution in [0.1, 0.15) is 15.2 Å². The first-order chi connectivity index (χ1) is 8.20. The molecule has 2 rings (SSSR count). The molecule has 1 heterocycles. The highest BCUT2D eigenvalue weighted by Gasteiger charge is 2.11. The van der Waals surface area contributed by atoms with Gasteiger partial charge in [0.1, 0.15) is 4.88 Å². The number of nitrogens with one attached hydrogen (secondary N) is 1. The lowest BCUT2D eigenvalue weighted by molar-refractivity contribution is 0.103. The molecule has 0 unspecified atom stereocenters. The Morgan fingerprint density at radius 2 is 2.24 bits per heavy atom. The highest BCUT2D eigenvalue weighted by molar-refractivity contribution is 7.12. The summed E-state index contributed by atoms with van der Waals surface area (Å²) in [5.41, 5.74) is 1.38. The van der Waals surface area contributed by atoms with E-state index in [1.165, 1.54) is 11.3 Å². The molecule has 0 aliphatic heterocycles. The maximum atomic E-state index is 11.9. The standard InChI is InChI=1S/C13H8ClNOS/c1-2-9-4-3-5-10(8-9)15-13(16)12-11(14)6-7-17-12/h1,3-8H,(H,15,16). The minimum atomic E-state index is -0.223. The summed E-state index contributed by atoms with van der Waals surface area (Å²) in [7, 11) is 0. The van der Waals surface area contributed by atoms with Crippen molar-refractivity contribution in [2.75, 3.05) is 5.32 Å². The van der Waals surface area contributed by atoms with E-state index in [4.69, 9.17) is 18.0 Å². The number of carbonyl (C=O) groups is 1. The van der Waals surface area contributed by atoms with Crippen molar-refractivity contribution in [3.8, 4) is 12.3 Å². The van der Waals surface area contributed by atoms with Crippen molar-refractivity contribution >= 4 is 34.5 Å². The van der Waals surface area contributed by atoms with E-state index in [0.29, 0.717) is 15.6 Å². The van der Waals surface area contributed by atoms with Gasteiger partial charge >= 0.3 is 0 Å². The summed E-state index contributed by atoms with van der Waals surface area (Å²) >= 11 is 7.18.